The molecule has 1 aliphatic heterocycles. The number of nitrogens with two attached hydrogens (primary N) is 1. The molecule has 0 aromatic heterocycles. The zero-order chi connectivity index (χ0) is 21.6. The van der Waals surface area contributed by atoms with E-state index in [9.17, 15) is 9.59 Å². The molecule has 3 aromatic rings. The van der Waals surface area contributed by atoms with Crippen LogP contribution in [0.4, 0.5) is 5.69 Å². The summed E-state index contributed by atoms with van der Waals surface area (Å²) in [7, 11) is 0. The first kappa shape index (κ1) is 19.2. The van der Waals surface area contributed by atoms with Gasteiger partial charge in [-0.3, -0.25) is 9.59 Å². The van der Waals surface area contributed by atoms with E-state index in [2.05, 4.69) is 5.32 Å². The van der Waals surface area contributed by atoms with Crippen LogP contribution >= 0.6 is 0 Å². The van der Waals surface area contributed by atoms with Gasteiger partial charge in [-0.15, -0.1) is 0 Å². The number of carbonyl (C=O) groups excluding carboxylic acids is 2. The van der Waals surface area contributed by atoms with Crippen molar-refractivity contribution < 1.29 is 19.1 Å². The fraction of sp³-hybridized carbons (Fsp3) is 0.200. The minimum absolute atomic E-state index is 0.00988. The lowest BCUT2D eigenvalue weighted by Crippen LogP contribution is -2.27. The summed E-state index contributed by atoms with van der Waals surface area (Å²) >= 11 is 0. The number of carbonyl (C=O) groups is 2. The summed E-state index contributed by atoms with van der Waals surface area (Å²) in [6.45, 7) is 2.21. The Balaban J connectivity index is 1.35. The number of aryl methyl sites for hydroxylation is 1. The lowest BCUT2D eigenvalue weighted by atomic mass is 9.94. The van der Waals surface area contributed by atoms with Crippen LogP contribution < -0.4 is 20.5 Å². The molecule has 0 atom stereocenters. The second-order valence-corrected chi connectivity index (χ2v) is 8.08. The van der Waals surface area contributed by atoms with Crippen molar-refractivity contribution in [3.63, 3.8) is 0 Å². The molecule has 31 heavy (non-hydrogen) atoms. The summed E-state index contributed by atoms with van der Waals surface area (Å²) in [6, 6.07) is 18.8. The molecule has 0 spiro atoms. The first-order valence-corrected chi connectivity index (χ1v) is 10.2. The van der Waals surface area contributed by atoms with Crippen LogP contribution in [-0.4, -0.2) is 18.6 Å². The van der Waals surface area contributed by atoms with E-state index in [-0.39, 0.29) is 12.7 Å². The molecule has 2 amide bonds. The van der Waals surface area contributed by atoms with Gasteiger partial charge < -0.3 is 20.5 Å². The lowest BCUT2D eigenvalue weighted by Gasteiger charge is -2.17. The van der Waals surface area contributed by atoms with Gasteiger partial charge in [0.2, 0.25) is 18.6 Å². The van der Waals surface area contributed by atoms with Crippen molar-refractivity contribution in [3.05, 3.63) is 77.4 Å². The van der Waals surface area contributed by atoms with E-state index in [1.165, 1.54) is 0 Å². The lowest BCUT2D eigenvalue weighted by molar-refractivity contribution is -0.118. The van der Waals surface area contributed by atoms with Gasteiger partial charge in [-0.2, -0.15) is 0 Å². The molecule has 1 fully saturated rings. The number of hydrogen-bond acceptors (Lipinski definition) is 4. The normalized spacial score (nSPS) is 15.4. The van der Waals surface area contributed by atoms with Gasteiger partial charge in [0.15, 0.2) is 11.5 Å². The van der Waals surface area contributed by atoms with Crippen molar-refractivity contribution in [2.75, 3.05) is 12.1 Å². The van der Waals surface area contributed by atoms with Crippen LogP contribution in [0.15, 0.2) is 60.7 Å². The molecule has 1 heterocycles. The minimum atomic E-state index is -0.516. The first-order valence-electron chi connectivity index (χ1n) is 10.2. The standard InChI is InChI=1S/C25H22N2O4/c1-15-12-19(7-8-20(15)16-2-4-17(5-3-16)23(26)28)27-24(29)25(10-11-25)18-6-9-21-22(13-18)31-14-30-21/h2-9,12-13H,10-11,14H2,1H3,(H2,26,28)(H,27,29). The average Bonchev–Trinajstić information content (AvgIpc) is 3.45. The Bertz CT molecular complexity index is 1200. The van der Waals surface area contributed by atoms with Gasteiger partial charge >= 0.3 is 0 Å². The smallest absolute Gasteiger partial charge is 0.248 e. The molecule has 6 nitrogen and oxygen atoms in total. The van der Waals surface area contributed by atoms with E-state index >= 15 is 0 Å². The summed E-state index contributed by atoms with van der Waals surface area (Å²) in [5, 5.41) is 3.08. The number of nitrogens with one attached hydrogen (secondary N) is 1. The average molecular weight is 414 g/mol. The highest BCUT2D eigenvalue weighted by Gasteiger charge is 2.51. The van der Waals surface area contributed by atoms with Crippen molar-refractivity contribution in [2.45, 2.75) is 25.2 Å². The Hall–Kier alpha value is -3.80. The Kier molecular flexibility index (Phi) is 4.43. The molecule has 3 N–H and O–H groups in total. The van der Waals surface area contributed by atoms with Crippen molar-refractivity contribution in [1.29, 1.82) is 0 Å². The van der Waals surface area contributed by atoms with Crippen molar-refractivity contribution in [3.8, 4) is 22.6 Å². The second kappa shape index (κ2) is 7.16. The highest BCUT2D eigenvalue weighted by atomic mass is 16.7. The molecule has 3 aromatic carbocycles. The number of anilines is 1. The van der Waals surface area contributed by atoms with Crippen molar-refractivity contribution in [1.82, 2.24) is 0 Å². The van der Waals surface area contributed by atoms with E-state index in [0.29, 0.717) is 11.3 Å². The number of hydrogen-bond donors (Lipinski definition) is 2. The van der Waals surface area contributed by atoms with E-state index in [1.54, 1.807) is 12.1 Å². The number of primary amides is 1. The largest absolute Gasteiger partial charge is 0.454 e. The predicted molar refractivity (Wildman–Crippen MR) is 117 cm³/mol. The topological polar surface area (TPSA) is 90.7 Å². The van der Waals surface area contributed by atoms with E-state index in [1.807, 2.05) is 55.5 Å². The second-order valence-electron chi connectivity index (χ2n) is 8.08. The van der Waals surface area contributed by atoms with Crippen LogP contribution in [-0.2, 0) is 10.2 Å². The van der Waals surface area contributed by atoms with Gasteiger partial charge in [0, 0.05) is 11.3 Å². The SMILES string of the molecule is Cc1cc(NC(=O)C2(c3ccc4c(c3)OCO4)CC2)ccc1-c1ccc(C(N)=O)cc1. The fourth-order valence-electron chi connectivity index (χ4n) is 4.10. The van der Waals surface area contributed by atoms with Crippen LogP contribution in [0.2, 0.25) is 0 Å². The van der Waals surface area contributed by atoms with Crippen LogP contribution in [0.1, 0.15) is 34.3 Å². The number of amides is 2. The van der Waals surface area contributed by atoms with Crippen molar-refractivity contribution in [2.24, 2.45) is 5.73 Å². The molecular formula is C25H22N2O4. The van der Waals surface area contributed by atoms with Gasteiger partial charge in [-0.25, -0.2) is 0 Å². The molecule has 2 aliphatic rings. The summed E-state index contributed by atoms with van der Waals surface area (Å²) in [5.74, 6) is 0.955. The quantitative estimate of drug-likeness (QED) is 0.656. The molecule has 0 unspecified atom stereocenters. The molecule has 156 valence electrons. The Morgan fingerprint density at radius 3 is 2.35 bits per heavy atom. The summed E-state index contributed by atoms with van der Waals surface area (Å²) in [6.07, 6.45) is 1.61. The van der Waals surface area contributed by atoms with E-state index < -0.39 is 11.3 Å². The molecule has 0 bridgehead atoms. The van der Waals surface area contributed by atoms with Crippen LogP contribution in [0.5, 0.6) is 11.5 Å². The molecule has 0 saturated heterocycles. The maximum Gasteiger partial charge on any atom is 0.248 e. The third-order valence-electron chi connectivity index (χ3n) is 6.07. The molecule has 1 saturated carbocycles. The third-order valence-corrected chi connectivity index (χ3v) is 6.07. The number of fused-ring (bicyclic) bond motifs is 1. The third kappa shape index (κ3) is 3.40. The molecular weight excluding hydrogens is 392 g/mol. The van der Waals surface area contributed by atoms with Gasteiger partial charge in [0.05, 0.1) is 5.41 Å². The molecule has 1 aliphatic carbocycles. The van der Waals surface area contributed by atoms with Gasteiger partial charge in [0.25, 0.3) is 0 Å². The van der Waals surface area contributed by atoms with Crippen LogP contribution in [0.3, 0.4) is 0 Å². The highest BCUT2D eigenvalue weighted by molar-refractivity contribution is 6.01. The Morgan fingerprint density at radius 2 is 1.68 bits per heavy atom. The van der Waals surface area contributed by atoms with E-state index in [4.69, 9.17) is 15.2 Å². The van der Waals surface area contributed by atoms with Crippen LogP contribution in [0.25, 0.3) is 11.1 Å². The highest BCUT2D eigenvalue weighted by Crippen LogP contribution is 2.51. The van der Waals surface area contributed by atoms with Gasteiger partial charge in [-0.05, 0) is 78.4 Å². The predicted octanol–water partition coefficient (Wildman–Crippen LogP) is 4.16. The Morgan fingerprint density at radius 1 is 0.935 bits per heavy atom. The summed E-state index contributed by atoms with van der Waals surface area (Å²) in [4.78, 5) is 24.4. The van der Waals surface area contributed by atoms with Gasteiger partial charge in [0.1, 0.15) is 0 Å². The zero-order valence-corrected chi connectivity index (χ0v) is 17.1. The summed E-state index contributed by atoms with van der Waals surface area (Å²) < 4.78 is 10.8. The zero-order valence-electron chi connectivity index (χ0n) is 17.1. The minimum Gasteiger partial charge on any atom is -0.454 e. The van der Waals surface area contributed by atoms with Gasteiger partial charge in [-0.1, -0.05) is 24.3 Å². The monoisotopic (exact) mass is 414 g/mol. The Labute approximate surface area is 180 Å². The van der Waals surface area contributed by atoms with Crippen molar-refractivity contribution >= 4 is 17.5 Å². The number of benzene rings is 3. The van der Waals surface area contributed by atoms with E-state index in [0.717, 1.165) is 46.5 Å². The number of rotatable bonds is 5. The van der Waals surface area contributed by atoms with Crippen LogP contribution in [0, 0.1) is 6.92 Å². The molecule has 6 heteroatoms. The first-order chi connectivity index (χ1) is 15.0. The molecule has 5 rings (SSSR count). The number of ether oxygens (including phenoxy) is 2. The maximum absolute atomic E-state index is 13.1. The maximum atomic E-state index is 13.1. The fourth-order valence-corrected chi connectivity index (χ4v) is 4.10. The molecule has 0 radical (unpaired) electrons. The summed E-state index contributed by atoms with van der Waals surface area (Å²) in [5.41, 5.74) is 10.0.